The number of methoxy groups -OCH3 is 1. The van der Waals surface area contributed by atoms with Crippen molar-refractivity contribution in [3.8, 4) is 0 Å². The minimum Gasteiger partial charge on any atom is -0.389 e. The molecular weight excluding hydrogens is 220 g/mol. The molecule has 1 amide bonds. The molecule has 1 atom stereocenters. The van der Waals surface area contributed by atoms with Crippen molar-refractivity contribution in [2.24, 2.45) is 5.92 Å². The van der Waals surface area contributed by atoms with Crippen LogP contribution < -0.4 is 10.6 Å². The summed E-state index contributed by atoms with van der Waals surface area (Å²) in [5, 5.41) is 15.6. The van der Waals surface area contributed by atoms with E-state index in [1.165, 1.54) is 0 Å². The summed E-state index contributed by atoms with van der Waals surface area (Å²) in [7, 11) is 1.60. The van der Waals surface area contributed by atoms with Crippen LogP contribution in [0, 0.1) is 5.92 Å². The fraction of sp³-hybridized carbons (Fsp3) is 0.917. The van der Waals surface area contributed by atoms with Crippen LogP contribution in [0.4, 0.5) is 0 Å². The van der Waals surface area contributed by atoms with Crippen LogP contribution >= 0.6 is 0 Å². The van der Waals surface area contributed by atoms with Gasteiger partial charge < -0.3 is 20.5 Å². The van der Waals surface area contributed by atoms with Crippen LogP contribution in [-0.2, 0) is 9.53 Å². The van der Waals surface area contributed by atoms with Crippen molar-refractivity contribution in [1.82, 2.24) is 10.6 Å². The smallest absolute Gasteiger partial charge is 0.233 e. The highest BCUT2D eigenvalue weighted by atomic mass is 16.5. The lowest BCUT2D eigenvalue weighted by molar-refractivity contribution is -0.120. The molecule has 5 heteroatoms. The van der Waals surface area contributed by atoms with Crippen molar-refractivity contribution in [3.05, 3.63) is 0 Å². The third-order valence-electron chi connectivity index (χ3n) is 2.34. The molecule has 17 heavy (non-hydrogen) atoms. The van der Waals surface area contributed by atoms with Gasteiger partial charge in [-0.25, -0.2) is 0 Å². The predicted octanol–water partition coefficient (Wildman–Crippen LogP) is 0.136. The largest absolute Gasteiger partial charge is 0.389 e. The zero-order valence-corrected chi connectivity index (χ0v) is 11.4. The molecule has 0 saturated heterocycles. The predicted molar refractivity (Wildman–Crippen MR) is 67.8 cm³/mol. The first-order chi connectivity index (χ1) is 7.87. The second-order valence-electron chi connectivity index (χ2n) is 5.04. The van der Waals surface area contributed by atoms with Gasteiger partial charge >= 0.3 is 0 Å². The molecule has 0 saturated carbocycles. The molecule has 0 aliphatic rings. The maximum atomic E-state index is 11.4. The maximum absolute atomic E-state index is 11.4. The lowest BCUT2D eigenvalue weighted by Gasteiger charge is -2.23. The Kier molecular flexibility index (Phi) is 8.12. The third-order valence-corrected chi connectivity index (χ3v) is 2.34. The minimum absolute atomic E-state index is 0.0405. The van der Waals surface area contributed by atoms with E-state index < -0.39 is 5.60 Å². The number of amides is 1. The van der Waals surface area contributed by atoms with Crippen molar-refractivity contribution in [2.45, 2.75) is 32.8 Å². The number of hydrogen-bond acceptors (Lipinski definition) is 4. The number of aliphatic hydroxyl groups is 1. The summed E-state index contributed by atoms with van der Waals surface area (Å²) in [5.74, 6) is 0.407. The van der Waals surface area contributed by atoms with Gasteiger partial charge in [0.2, 0.25) is 5.91 Å². The molecule has 0 aliphatic heterocycles. The van der Waals surface area contributed by atoms with Crippen molar-refractivity contribution < 1.29 is 14.6 Å². The lowest BCUT2D eigenvalue weighted by atomic mass is 10.0. The van der Waals surface area contributed by atoms with E-state index in [0.717, 1.165) is 0 Å². The van der Waals surface area contributed by atoms with E-state index in [2.05, 4.69) is 10.6 Å². The Labute approximate surface area is 104 Å². The van der Waals surface area contributed by atoms with E-state index in [9.17, 15) is 9.90 Å². The Morgan fingerprint density at radius 1 is 1.47 bits per heavy atom. The van der Waals surface area contributed by atoms with Gasteiger partial charge in [0.05, 0.1) is 12.1 Å². The highest BCUT2D eigenvalue weighted by molar-refractivity contribution is 5.77. The van der Waals surface area contributed by atoms with Gasteiger partial charge in [0.25, 0.3) is 0 Å². The van der Waals surface area contributed by atoms with Gasteiger partial charge in [0.15, 0.2) is 0 Å². The van der Waals surface area contributed by atoms with Gasteiger partial charge in [-0.15, -0.1) is 0 Å². The van der Waals surface area contributed by atoms with E-state index in [-0.39, 0.29) is 12.5 Å². The Bertz CT molecular complexity index is 218. The Balaban J connectivity index is 3.64. The number of nitrogens with one attached hydrogen (secondary N) is 2. The van der Waals surface area contributed by atoms with E-state index in [1.807, 2.05) is 13.8 Å². The summed E-state index contributed by atoms with van der Waals surface area (Å²) in [6, 6.07) is 0. The zero-order chi connectivity index (χ0) is 13.3. The summed E-state index contributed by atoms with van der Waals surface area (Å²) in [4.78, 5) is 11.4. The van der Waals surface area contributed by atoms with Crippen molar-refractivity contribution in [2.75, 3.05) is 33.4 Å². The number of rotatable bonds is 9. The number of carbonyl (C=O) groups excluding carboxylic acids is 1. The molecule has 0 heterocycles. The van der Waals surface area contributed by atoms with E-state index in [0.29, 0.717) is 32.0 Å². The number of ether oxygens (including phenoxy) is 1. The highest BCUT2D eigenvalue weighted by Gasteiger charge is 2.19. The van der Waals surface area contributed by atoms with Crippen LogP contribution in [0.5, 0.6) is 0 Å². The first kappa shape index (κ1) is 16.4. The summed E-state index contributed by atoms with van der Waals surface area (Å²) in [6.45, 7) is 7.62. The molecule has 0 radical (unpaired) electrons. The average Bonchev–Trinajstić information content (AvgIpc) is 2.23. The normalized spacial score (nSPS) is 14.7. The fourth-order valence-electron chi connectivity index (χ4n) is 1.24. The van der Waals surface area contributed by atoms with E-state index in [1.54, 1.807) is 14.0 Å². The molecule has 0 aromatic carbocycles. The maximum Gasteiger partial charge on any atom is 0.233 e. The van der Waals surface area contributed by atoms with Gasteiger partial charge in [-0.3, -0.25) is 4.79 Å². The molecule has 0 aromatic rings. The van der Waals surface area contributed by atoms with Crippen LogP contribution in [-0.4, -0.2) is 50.0 Å². The van der Waals surface area contributed by atoms with Crippen molar-refractivity contribution in [3.63, 3.8) is 0 Å². The highest BCUT2D eigenvalue weighted by Crippen LogP contribution is 2.06. The fourth-order valence-corrected chi connectivity index (χ4v) is 1.24. The standard InChI is InChI=1S/C12H26N2O3/c1-10(2)7-14-11(15)8-13-9-12(3,16)5-6-17-4/h10,13,16H,5-9H2,1-4H3,(H,14,15). The lowest BCUT2D eigenvalue weighted by Crippen LogP contribution is -2.43. The zero-order valence-electron chi connectivity index (χ0n) is 11.4. The topological polar surface area (TPSA) is 70.6 Å². The third kappa shape index (κ3) is 10.2. The van der Waals surface area contributed by atoms with Crippen molar-refractivity contribution >= 4 is 5.91 Å². The summed E-state index contributed by atoms with van der Waals surface area (Å²) >= 11 is 0. The summed E-state index contributed by atoms with van der Waals surface area (Å²) < 4.78 is 4.90. The molecule has 102 valence electrons. The molecule has 0 rings (SSSR count). The molecule has 0 bridgehead atoms. The van der Waals surface area contributed by atoms with Crippen LogP contribution in [0.25, 0.3) is 0 Å². The molecule has 3 N–H and O–H groups in total. The first-order valence-electron chi connectivity index (χ1n) is 6.06. The van der Waals surface area contributed by atoms with Crippen LogP contribution in [0.2, 0.25) is 0 Å². The minimum atomic E-state index is -0.839. The van der Waals surface area contributed by atoms with Crippen LogP contribution in [0.15, 0.2) is 0 Å². The van der Waals surface area contributed by atoms with Gasteiger partial charge in [0, 0.05) is 33.2 Å². The van der Waals surface area contributed by atoms with Gasteiger partial charge in [-0.1, -0.05) is 13.8 Å². The second kappa shape index (κ2) is 8.44. The SMILES string of the molecule is COCCC(C)(O)CNCC(=O)NCC(C)C. The molecule has 0 aliphatic carbocycles. The Morgan fingerprint density at radius 3 is 2.65 bits per heavy atom. The van der Waals surface area contributed by atoms with Gasteiger partial charge in [-0.05, 0) is 12.8 Å². The summed E-state index contributed by atoms with van der Waals surface area (Å²) in [5.41, 5.74) is -0.839. The molecule has 0 fully saturated rings. The molecule has 0 aromatic heterocycles. The molecule has 0 spiro atoms. The molecular formula is C12H26N2O3. The van der Waals surface area contributed by atoms with E-state index in [4.69, 9.17) is 4.74 Å². The second-order valence-corrected chi connectivity index (χ2v) is 5.04. The molecule has 1 unspecified atom stereocenters. The van der Waals surface area contributed by atoms with Crippen LogP contribution in [0.1, 0.15) is 27.2 Å². The Hall–Kier alpha value is -0.650. The monoisotopic (exact) mass is 246 g/mol. The van der Waals surface area contributed by atoms with Gasteiger partial charge in [-0.2, -0.15) is 0 Å². The number of hydrogen-bond donors (Lipinski definition) is 3. The van der Waals surface area contributed by atoms with Crippen LogP contribution in [0.3, 0.4) is 0 Å². The Morgan fingerprint density at radius 2 is 2.12 bits per heavy atom. The summed E-state index contributed by atoms with van der Waals surface area (Å²) in [6.07, 6.45) is 0.546. The number of carbonyl (C=O) groups is 1. The quantitative estimate of drug-likeness (QED) is 0.541. The first-order valence-corrected chi connectivity index (χ1v) is 6.06. The van der Waals surface area contributed by atoms with Gasteiger partial charge in [0.1, 0.15) is 0 Å². The van der Waals surface area contributed by atoms with E-state index >= 15 is 0 Å². The van der Waals surface area contributed by atoms with Crippen molar-refractivity contribution in [1.29, 1.82) is 0 Å². The molecule has 5 nitrogen and oxygen atoms in total. The average molecular weight is 246 g/mol.